The van der Waals surface area contributed by atoms with E-state index in [1.807, 2.05) is 6.92 Å². The van der Waals surface area contributed by atoms with Crippen LogP contribution in [-0.4, -0.2) is 58.1 Å². The minimum Gasteiger partial charge on any atom is -0.376 e. The molecule has 2 fully saturated rings. The predicted octanol–water partition coefficient (Wildman–Crippen LogP) is 2.13. The molecule has 0 radical (unpaired) electrons. The molecule has 0 aromatic rings. The van der Waals surface area contributed by atoms with Crippen molar-refractivity contribution in [3.8, 4) is 0 Å². The van der Waals surface area contributed by atoms with Gasteiger partial charge in [-0.25, -0.2) is 0 Å². The third-order valence-electron chi connectivity index (χ3n) is 4.42. The van der Waals surface area contributed by atoms with Gasteiger partial charge in [0.15, 0.2) is 6.29 Å². The van der Waals surface area contributed by atoms with Crippen molar-refractivity contribution in [2.24, 2.45) is 0 Å². The quantitative estimate of drug-likeness (QED) is 0.775. The van der Waals surface area contributed by atoms with Crippen LogP contribution in [0.4, 0.5) is 0 Å². The van der Waals surface area contributed by atoms with E-state index >= 15 is 0 Å². The van der Waals surface area contributed by atoms with Crippen molar-refractivity contribution in [1.82, 2.24) is 0 Å². The average molecular weight is 288 g/mol. The van der Waals surface area contributed by atoms with E-state index in [0.29, 0.717) is 0 Å². The monoisotopic (exact) mass is 288 g/mol. The molecule has 0 aromatic heterocycles. The molecule has 0 bridgehead atoms. The van der Waals surface area contributed by atoms with Crippen molar-refractivity contribution in [3.63, 3.8) is 0 Å². The molecule has 5 nitrogen and oxygen atoms in total. The van der Waals surface area contributed by atoms with Gasteiger partial charge in [-0.15, -0.1) is 0 Å². The topological polar surface area (TPSA) is 46.2 Å². The van der Waals surface area contributed by atoms with Gasteiger partial charge in [0.2, 0.25) is 0 Å². The molecule has 118 valence electrons. The summed E-state index contributed by atoms with van der Waals surface area (Å²) in [5, 5.41) is 0. The van der Waals surface area contributed by atoms with Crippen molar-refractivity contribution < 1.29 is 23.7 Å². The lowest BCUT2D eigenvalue weighted by molar-refractivity contribution is -0.316. The van der Waals surface area contributed by atoms with Crippen LogP contribution in [0.1, 0.15) is 39.0 Å². The van der Waals surface area contributed by atoms with Gasteiger partial charge in [0.05, 0.1) is 12.2 Å². The molecular weight excluding hydrogens is 260 g/mol. The van der Waals surface area contributed by atoms with Gasteiger partial charge in [-0.3, -0.25) is 0 Å². The van der Waals surface area contributed by atoms with E-state index in [4.69, 9.17) is 23.7 Å². The molecule has 0 N–H and O–H groups in total. The summed E-state index contributed by atoms with van der Waals surface area (Å²) >= 11 is 0. The molecule has 1 aliphatic heterocycles. The summed E-state index contributed by atoms with van der Waals surface area (Å²) in [6.07, 6.45) is 5.22. The van der Waals surface area contributed by atoms with Crippen LogP contribution in [0, 0.1) is 0 Å². The molecular formula is C15H28O5. The molecule has 5 heteroatoms. The fourth-order valence-corrected chi connectivity index (χ4v) is 3.32. The van der Waals surface area contributed by atoms with Gasteiger partial charge in [-0.1, -0.05) is 19.3 Å². The standard InChI is InChI=1S/C15H28O5/c1-10-12(16-2)13(17-3)14(18-4)15(19-10)20-11-8-6-5-7-9-11/h10-15H,5-9H2,1-4H3/t10-,12-,13+,14+,15+/m0/s1. The van der Waals surface area contributed by atoms with E-state index in [1.165, 1.54) is 19.3 Å². The first-order valence-corrected chi connectivity index (χ1v) is 7.60. The molecule has 20 heavy (non-hydrogen) atoms. The minimum atomic E-state index is -0.380. The molecule has 2 rings (SSSR count). The number of rotatable bonds is 5. The van der Waals surface area contributed by atoms with Crippen LogP contribution in [0.5, 0.6) is 0 Å². The Morgan fingerprint density at radius 2 is 1.40 bits per heavy atom. The Hall–Kier alpha value is -0.200. The number of hydrogen-bond donors (Lipinski definition) is 0. The van der Waals surface area contributed by atoms with E-state index in [9.17, 15) is 0 Å². The Morgan fingerprint density at radius 1 is 0.800 bits per heavy atom. The fraction of sp³-hybridized carbons (Fsp3) is 1.00. The second-order valence-electron chi connectivity index (χ2n) is 5.71. The summed E-state index contributed by atoms with van der Waals surface area (Å²) in [5.41, 5.74) is 0. The number of hydrogen-bond acceptors (Lipinski definition) is 5. The van der Waals surface area contributed by atoms with Gasteiger partial charge in [0, 0.05) is 21.3 Å². The van der Waals surface area contributed by atoms with E-state index in [2.05, 4.69) is 0 Å². The average Bonchev–Trinajstić information content (AvgIpc) is 2.47. The minimum absolute atomic E-state index is 0.0788. The molecule has 0 unspecified atom stereocenters. The SMILES string of the molecule is CO[C@@H]1[C@@H](OC)[C@H](C)O[C@H](OC2CCCCC2)[C@@H]1OC. The lowest BCUT2D eigenvalue weighted by Gasteiger charge is -2.44. The first-order valence-electron chi connectivity index (χ1n) is 7.60. The summed E-state index contributed by atoms with van der Waals surface area (Å²) in [4.78, 5) is 0. The van der Waals surface area contributed by atoms with E-state index in [0.717, 1.165) is 12.8 Å². The van der Waals surface area contributed by atoms with Gasteiger partial charge in [0.25, 0.3) is 0 Å². The second kappa shape index (κ2) is 7.71. The van der Waals surface area contributed by atoms with Crippen LogP contribution in [0.15, 0.2) is 0 Å². The van der Waals surface area contributed by atoms with Crippen molar-refractivity contribution in [2.75, 3.05) is 21.3 Å². The molecule has 0 spiro atoms. The van der Waals surface area contributed by atoms with Crippen LogP contribution in [-0.2, 0) is 23.7 Å². The number of ether oxygens (including phenoxy) is 5. The van der Waals surface area contributed by atoms with Gasteiger partial charge in [0.1, 0.15) is 18.3 Å². The normalized spacial score (nSPS) is 39.9. The van der Waals surface area contributed by atoms with E-state index in [1.54, 1.807) is 21.3 Å². The smallest absolute Gasteiger partial charge is 0.187 e. The summed E-state index contributed by atoms with van der Waals surface area (Å²) in [5.74, 6) is 0. The highest BCUT2D eigenvalue weighted by Gasteiger charge is 2.46. The Bertz CT molecular complexity index is 279. The maximum Gasteiger partial charge on any atom is 0.187 e. The van der Waals surface area contributed by atoms with Gasteiger partial charge >= 0.3 is 0 Å². The zero-order valence-corrected chi connectivity index (χ0v) is 13.0. The van der Waals surface area contributed by atoms with Gasteiger partial charge in [-0.2, -0.15) is 0 Å². The largest absolute Gasteiger partial charge is 0.376 e. The maximum atomic E-state index is 6.15. The van der Waals surface area contributed by atoms with E-state index in [-0.39, 0.29) is 36.8 Å². The summed E-state index contributed by atoms with van der Waals surface area (Å²) in [6.45, 7) is 1.99. The Balaban J connectivity index is 2.02. The van der Waals surface area contributed by atoms with Crippen LogP contribution in [0.25, 0.3) is 0 Å². The van der Waals surface area contributed by atoms with Crippen molar-refractivity contribution in [1.29, 1.82) is 0 Å². The van der Waals surface area contributed by atoms with Gasteiger partial charge < -0.3 is 23.7 Å². The van der Waals surface area contributed by atoms with Crippen molar-refractivity contribution in [2.45, 2.75) is 75.8 Å². The van der Waals surface area contributed by atoms with Crippen LogP contribution in [0.3, 0.4) is 0 Å². The molecule has 1 saturated heterocycles. The zero-order valence-electron chi connectivity index (χ0n) is 13.0. The third kappa shape index (κ3) is 3.52. The zero-order chi connectivity index (χ0) is 14.5. The highest BCUT2D eigenvalue weighted by molar-refractivity contribution is 4.91. The maximum absolute atomic E-state index is 6.15. The summed E-state index contributed by atoms with van der Waals surface area (Å²) in [7, 11) is 5.02. The lowest BCUT2D eigenvalue weighted by atomic mass is 9.96. The molecule has 1 aliphatic carbocycles. The van der Waals surface area contributed by atoms with Crippen LogP contribution in [0.2, 0.25) is 0 Å². The van der Waals surface area contributed by atoms with Crippen molar-refractivity contribution >= 4 is 0 Å². The van der Waals surface area contributed by atoms with Crippen molar-refractivity contribution in [3.05, 3.63) is 0 Å². The molecule has 1 heterocycles. The third-order valence-corrected chi connectivity index (χ3v) is 4.42. The first-order chi connectivity index (χ1) is 9.71. The highest BCUT2D eigenvalue weighted by Crippen LogP contribution is 2.30. The second-order valence-corrected chi connectivity index (χ2v) is 5.71. The molecule has 2 aliphatic rings. The highest BCUT2D eigenvalue weighted by atomic mass is 16.7. The molecule has 1 saturated carbocycles. The summed E-state index contributed by atoms with van der Waals surface area (Å²) < 4.78 is 28.8. The Morgan fingerprint density at radius 3 is 1.95 bits per heavy atom. The molecule has 5 atom stereocenters. The molecule has 0 aromatic carbocycles. The van der Waals surface area contributed by atoms with Gasteiger partial charge in [-0.05, 0) is 19.8 Å². The van der Waals surface area contributed by atoms with Crippen LogP contribution < -0.4 is 0 Å². The lowest BCUT2D eigenvalue weighted by Crippen LogP contribution is -2.59. The molecule has 0 amide bonds. The fourth-order valence-electron chi connectivity index (χ4n) is 3.32. The number of methoxy groups -OCH3 is 3. The predicted molar refractivity (Wildman–Crippen MR) is 74.7 cm³/mol. The Labute approximate surface area is 121 Å². The summed E-state index contributed by atoms with van der Waals surface area (Å²) in [6, 6.07) is 0. The van der Waals surface area contributed by atoms with Crippen LogP contribution >= 0.6 is 0 Å². The Kier molecular flexibility index (Phi) is 6.23. The first kappa shape index (κ1) is 16.2. The van der Waals surface area contributed by atoms with E-state index < -0.39 is 0 Å².